The zero-order valence-corrected chi connectivity index (χ0v) is 9.76. The van der Waals surface area contributed by atoms with Gasteiger partial charge in [-0.15, -0.1) is 10.2 Å². The number of nitrogens with zero attached hydrogens (tertiary/aromatic N) is 3. The van der Waals surface area contributed by atoms with E-state index >= 15 is 0 Å². The van der Waals surface area contributed by atoms with Crippen LogP contribution in [0.2, 0.25) is 0 Å². The van der Waals surface area contributed by atoms with Crippen LogP contribution < -0.4 is 5.73 Å². The van der Waals surface area contributed by atoms with E-state index in [0.29, 0.717) is 11.4 Å². The molecule has 18 heavy (non-hydrogen) atoms. The molecule has 5 heteroatoms. The predicted molar refractivity (Wildman–Crippen MR) is 67.5 cm³/mol. The standard InChI is InChI=1S/C13H11FN4/c1-8-4-5-18-12(6-8)16-17-13(18)9-2-3-11(15)10(14)7-9/h2-7H,15H2,1H3. The molecule has 0 fully saturated rings. The Balaban J connectivity index is 2.22. The van der Waals surface area contributed by atoms with Crippen LogP contribution in [0, 0.1) is 12.7 Å². The first-order chi connectivity index (χ1) is 8.65. The van der Waals surface area contributed by atoms with Gasteiger partial charge in [0.05, 0.1) is 5.69 Å². The van der Waals surface area contributed by atoms with Crippen molar-refractivity contribution < 1.29 is 4.39 Å². The fraction of sp³-hybridized carbons (Fsp3) is 0.0769. The Kier molecular flexibility index (Phi) is 2.26. The van der Waals surface area contributed by atoms with Crippen molar-refractivity contribution in [1.82, 2.24) is 14.6 Å². The Morgan fingerprint density at radius 1 is 1.17 bits per heavy atom. The summed E-state index contributed by atoms with van der Waals surface area (Å²) in [7, 11) is 0. The van der Waals surface area contributed by atoms with Crippen molar-refractivity contribution in [1.29, 1.82) is 0 Å². The number of aryl methyl sites for hydroxylation is 1. The normalized spacial score (nSPS) is 11.0. The Labute approximate surface area is 103 Å². The molecule has 3 rings (SSSR count). The van der Waals surface area contributed by atoms with E-state index in [0.717, 1.165) is 11.2 Å². The largest absolute Gasteiger partial charge is 0.396 e. The lowest BCUT2D eigenvalue weighted by atomic mass is 10.2. The molecule has 0 aliphatic carbocycles. The van der Waals surface area contributed by atoms with Gasteiger partial charge in [0.2, 0.25) is 0 Å². The first kappa shape index (κ1) is 10.7. The van der Waals surface area contributed by atoms with Crippen molar-refractivity contribution in [3.63, 3.8) is 0 Å². The van der Waals surface area contributed by atoms with E-state index in [9.17, 15) is 4.39 Å². The maximum atomic E-state index is 13.5. The number of halogens is 1. The number of aromatic nitrogens is 3. The third-order valence-corrected chi connectivity index (χ3v) is 2.82. The summed E-state index contributed by atoms with van der Waals surface area (Å²) in [5, 5.41) is 8.15. The maximum Gasteiger partial charge on any atom is 0.168 e. The summed E-state index contributed by atoms with van der Waals surface area (Å²) in [6.45, 7) is 1.98. The molecule has 0 amide bonds. The van der Waals surface area contributed by atoms with Crippen molar-refractivity contribution in [3.8, 4) is 11.4 Å². The lowest BCUT2D eigenvalue weighted by Gasteiger charge is -2.02. The van der Waals surface area contributed by atoms with Gasteiger partial charge < -0.3 is 5.73 Å². The van der Waals surface area contributed by atoms with Gasteiger partial charge in [-0.3, -0.25) is 4.40 Å². The van der Waals surface area contributed by atoms with Crippen LogP contribution in [-0.4, -0.2) is 14.6 Å². The molecular formula is C13H11FN4. The van der Waals surface area contributed by atoms with Crippen LogP contribution in [0.15, 0.2) is 36.5 Å². The molecule has 0 aliphatic rings. The van der Waals surface area contributed by atoms with E-state index in [1.165, 1.54) is 12.1 Å². The number of hydrogen-bond acceptors (Lipinski definition) is 3. The molecule has 2 heterocycles. The minimum absolute atomic E-state index is 0.128. The summed E-state index contributed by atoms with van der Waals surface area (Å²) in [4.78, 5) is 0. The highest BCUT2D eigenvalue weighted by molar-refractivity contribution is 5.62. The van der Waals surface area contributed by atoms with Gasteiger partial charge in [-0.1, -0.05) is 0 Å². The summed E-state index contributed by atoms with van der Waals surface area (Å²) < 4.78 is 15.3. The monoisotopic (exact) mass is 242 g/mol. The summed E-state index contributed by atoms with van der Waals surface area (Å²) in [6.07, 6.45) is 1.87. The number of fused-ring (bicyclic) bond motifs is 1. The first-order valence-electron chi connectivity index (χ1n) is 5.52. The van der Waals surface area contributed by atoms with E-state index in [1.54, 1.807) is 6.07 Å². The van der Waals surface area contributed by atoms with Crippen LogP contribution in [0.5, 0.6) is 0 Å². The lowest BCUT2D eigenvalue weighted by molar-refractivity contribution is 0.633. The summed E-state index contributed by atoms with van der Waals surface area (Å²) in [5.41, 5.74) is 8.08. The van der Waals surface area contributed by atoms with Gasteiger partial charge in [-0.25, -0.2) is 4.39 Å². The number of anilines is 1. The van der Waals surface area contributed by atoms with E-state index in [1.807, 2.05) is 29.7 Å². The zero-order valence-electron chi connectivity index (χ0n) is 9.76. The zero-order chi connectivity index (χ0) is 12.7. The fourth-order valence-electron chi connectivity index (χ4n) is 1.86. The van der Waals surface area contributed by atoms with Gasteiger partial charge in [0.25, 0.3) is 0 Å². The number of rotatable bonds is 1. The van der Waals surface area contributed by atoms with Gasteiger partial charge in [0.15, 0.2) is 11.5 Å². The smallest absolute Gasteiger partial charge is 0.168 e. The molecule has 0 saturated heterocycles. The van der Waals surface area contributed by atoms with Crippen molar-refractivity contribution in [2.24, 2.45) is 0 Å². The molecule has 0 radical (unpaired) electrons. The average molecular weight is 242 g/mol. The maximum absolute atomic E-state index is 13.5. The second-order valence-electron chi connectivity index (χ2n) is 4.19. The highest BCUT2D eigenvalue weighted by atomic mass is 19.1. The van der Waals surface area contributed by atoms with Crippen LogP contribution >= 0.6 is 0 Å². The van der Waals surface area contributed by atoms with Crippen LogP contribution in [0.4, 0.5) is 10.1 Å². The predicted octanol–water partition coefficient (Wildman–Crippen LogP) is 2.43. The molecule has 2 N–H and O–H groups in total. The number of hydrogen-bond donors (Lipinski definition) is 1. The lowest BCUT2D eigenvalue weighted by Crippen LogP contribution is -1.93. The minimum atomic E-state index is -0.448. The molecule has 3 aromatic rings. The quantitative estimate of drug-likeness (QED) is 0.667. The molecule has 90 valence electrons. The molecule has 0 saturated carbocycles. The fourth-order valence-corrected chi connectivity index (χ4v) is 1.86. The van der Waals surface area contributed by atoms with Gasteiger partial charge in [-0.05, 0) is 42.8 Å². The van der Waals surface area contributed by atoms with E-state index < -0.39 is 5.82 Å². The molecule has 0 spiro atoms. The number of nitrogen functional groups attached to an aromatic ring is 1. The number of benzene rings is 1. The molecule has 4 nitrogen and oxygen atoms in total. The Bertz CT molecular complexity index is 733. The SMILES string of the molecule is Cc1ccn2c(-c3ccc(N)c(F)c3)nnc2c1. The third kappa shape index (κ3) is 1.60. The second-order valence-corrected chi connectivity index (χ2v) is 4.19. The van der Waals surface area contributed by atoms with Crippen molar-refractivity contribution >= 4 is 11.3 Å². The highest BCUT2D eigenvalue weighted by Gasteiger charge is 2.09. The Hall–Kier alpha value is -2.43. The average Bonchev–Trinajstić information content (AvgIpc) is 2.75. The van der Waals surface area contributed by atoms with Crippen LogP contribution in [0.3, 0.4) is 0 Å². The summed E-state index contributed by atoms with van der Waals surface area (Å²) in [6, 6.07) is 8.50. The Morgan fingerprint density at radius 3 is 2.78 bits per heavy atom. The molecule has 0 aliphatic heterocycles. The number of nitrogens with two attached hydrogens (primary N) is 1. The highest BCUT2D eigenvalue weighted by Crippen LogP contribution is 2.22. The summed E-state index contributed by atoms with van der Waals surface area (Å²) >= 11 is 0. The topological polar surface area (TPSA) is 56.2 Å². The molecule has 1 aromatic carbocycles. The van der Waals surface area contributed by atoms with Crippen molar-refractivity contribution in [2.45, 2.75) is 6.92 Å². The van der Waals surface area contributed by atoms with E-state index in [-0.39, 0.29) is 5.69 Å². The van der Waals surface area contributed by atoms with Gasteiger partial charge in [0, 0.05) is 11.8 Å². The van der Waals surface area contributed by atoms with Crippen molar-refractivity contribution in [3.05, 3.63) is 47.9 Å². The first-order valence-corrected chi connectivity index (χ1v) is 5.52. The minimum Gasteiger partial charge on any atom is -0.396 e. The van der Waals surface area contributed by atoms with E-state index in [4.69, 9.17) is 5.73 Å². The van der Waals surface area contributed by atoms with Gasteiger partial charge in [0.1, 0.15) is 5.82 Å². The molecular weight excluding hydrogens is 231 g/mol. The summed E-state index contributed by atoms with van der Waals surface area (Å²) in [5.74, 6) is 0.153. The van der Waals surface area contributed by atoms with Crippen molar-refractivity contribution in [2.75, 3.05) is 5.73 Å². The van der Waals surface area contributed by atoms with Gasteiger partial charge in [-0.2, -0.15) is 0 Å². The van der Waals surface area contributed by atoms with Gasteiger partial charge >= 0.3 is 0 Å². The molecule has 0 unspecified atom stereocenters. The van der Waals surface area contributed by atoms with Crippen LogP contribution in [0.1, 0.15) is 5.56 Å². The molecule has 0 atom stereocenters. The second kappa shape index (κ2) is 3.80. The van der Waals surface area contributed by atoms with Crippen LogP contribution in [-0.2, 0) is 0 Å². The third-order valence-electron chi connectivity index (χ3n) is 2.82. The Morgan fingerprint density at radius 2 is 2.00 bits per heavy atom. The van der Waals surface area contributed by atoms with E-state index in [2.05, 4.69) is 10.2 Å². The molecule has 2 aromatic heterocycles. The molecule has 0 bridgehead atoms. The van der Waals surface area contributed by atoms with Crippen LogP contribution in [0.25, 0.3) is 17.0 Å². The number of pyridine rings is 1.